The van der Waals surface area contributed by atoms with Gasteiger partial charge in [0.2, 0.25) is 0 Å². The third kappa shape index (κ3) is 2.92. The molecule has 0 amide bonds. The highest BCUT2D eigenvalue weighted by molar-refractivity contribution is 5.75. The Labute approximate surface area is 144 Å². The van der Waals surface area contributed by atoms with Crippen LogP contribution in [0.15, 0.2) is 23.0 Å². The number of nitrogens with zero attached hydrogens (tertiary/aromatic N) is 1. The van der Waals surface area contributed by atoms with E-state index in [-0.39, 0.29) is 0 Å². The quantitative estimate of drug-likeness (QED) is 0.808. The molecule has 25 heavy (non-hydrogen) atoms. The highest BCUT2D eigenvalue weighted by Gasteiger charge is 2.63. The normalized spacial score (nSPS) is 19.2. The number of methoxy groups -OCH3 is 1. The van der Waals surface area contributed by atoms with E-state index in [0.29, 0.717) is 36.0 Å². The van der Waals surface area contributed by atoms with Crippen LogP contribution in [0.3, 0.4) is 0 Å². The van der Waals surface area contributed by atoms with Crippen LogP contribution in [-0.4, -0.2) is 17.1 Å². The van der Waals surface area contributed by atoms with Crippen molar-refractivity contribution in [2.45, 2.75) is 50.9 Å². The van der Waals surface area contributed by atoms with E-state index < -0.39 is 22.6 Å². The molecule has 0 saturated heterocycles. The first-order valence-electron chi connectivity index (χ1n) is 8.92. The maximum Gasteiger partial charge on any atom is 0.300 e. The smallest absolute Gasteiger partial charge is 0.300 e. The summed E-state index contributed by atoms with van der Waals surface area (Å²) in [6.45, 7) is 0. The predicted octanol–water partition coefficient (Wildman–Crippen LogP) is 4.38. The molecule has 134 valence electrons. The SMILES string of the molecule is COc1ccc2nc(C(F)(F)C3(CCCC4CC4)CC3)c(=O)[nH]c2c1. The van der Waals surface area contributed by atoms with Gasteiger partial charge in [-0.2, -0.15) is 8.78 Å². The van der Waals surface area contributed by atoms with Crippen molar-refractivity contribution in [1.82, 2.24) is 9.97 Å². The van der Waals surface area contributed by atoms with Gasteiger partial charge in [-0.25, -0.2) is 4.98 Å². The highest BCUT2D eigenvalue weighted by atomic mass is 19.3. The predicted molar refractivity (Wildman–Crippen MR) is 91.1 cm³/mol. The zero-order chi connectivity index (χ0) is 17.7. The molecule has 4 nitrogen and oxygen atoms in total. The molecule has 0 atom stereocenters. The summed E-state index contributed by atoms with van der Waals surface area (Å²) in [6.07, 6.45) is 5.71. The molecule has 0 aliphatic heterocycles. The number of nitrogens with one attached hydrogen (secondary N) is 1. The summed E-state index contributed by atoms with van der Waals surface area (Å²) in [5, 5.41) is 0. The topological polar surface area (TPSA) is 55.0 Å². The van der Waals surface area contributed by atoms with Crippen molar-refractivity contribution in [3.63, 3.8) is 0 Å². The van der Waals surface area contributed by atoms with Crippen LogP contribution in [0, 0.1) is 11.3 Å². The Hall–Kier alpha value is -1.98. The van der Waals surface area contributed by atoms with E-state index >= 15 is 8.78 Å². The van der Waals surface area contributed by atoms with Crippen molar-refractivity contribution >= 4 is 11.0 Å². The van der Waals surface area contributed by atoms with Crippen LogP contribution in [-0.2, 0) is 5.92 Å². The lowest BCUT2D eigenvalue weighted by Crippen LogP contribution is -2.35. The lowest BCUT2D eigenvalue weighted by Gasteiger charge is -2.26. The zero-order valence-electron chi connectivity index (χ0n) is 14.3. The number of halogens is 2. The number of hydrogen-bond acceptors (Lipinski definition) is 3. The molecule has 2 aliphatic carbocycles. The number of hydrogen-bond donors (Lipinski definition) is 1. The van der Waals surface area contributed by atoms with Gasteiger partial charge in [-0.1, -0.05) is 25.7 Å². The van der Waals surface area contributed by atoms with Crippen molar-refractivity contribution in [3.8, 4) is 5.75 Å². The minimum atomic E-state index is -3.20. The average Bonchev–Trinajstić information content (AvgIpc) is 3.49. The van der Waals surface area contributed by atoms with Gasteiger partial charge < -0.3 is 9.72 Å². The molecular weight excluding hydrogens is 326 g/mol. The highest BCUT2D eigenvalue weighted by Crippen LogP contribution is 2.63. The van der Waals surface area contributed by atoms with E-state index in [1.165, 1.54) is 20.0 Å². The third-order valence-electron chi connectivity index (χ3n) is 5.68. The molecule has 1 aromatic heterocycles. The van der Waals surface area contributed by atoms with Gasteiger partial charge in [-0.3, -0.25) is 4.79 Å². The van der Waals surface area contributed by atoms with Gasteiger partial charge in [-0.15, -0.1) is 0 Å². The van der Waals surface area contributed by atoms with E-state index in [0.717, 1.165) is 18.8 Å². The van der Waals surface area contributed by atoms with Crippen molar-refractivity contribution in [2.24, 2.45) is 11.3 Å². The van der Waals surface area contributed by atoms with E-state index in [4.69, 9.17) is 4.74 Å². The summed E-state index contributed by atoms with van der Waals surface area (Å²) in [7, 11) is 1.51. The second kappa shape index (κ2) is 5.78. The second-order valence-corrected chi connectivity index (χ2v) is 7.49. The molecular formula is C19H22F2N2O2. The minimum Gasteiger partial charge on any atom is -0.497 e. The summed E-state index contributed by atoms with van der Waals surface area (Å²) >= 11 is 0. The number of aromatic amines is 1. The fourth-order valence-electron chi connectivity index (χ4n) is 3.66. The molecule has 0 bridgehead atoms. The molecule has 1 aromatic carbocycles. The third-order valence-corrected chi connectivity index (χ3v) is 5.68. The van der Waals surface area contributed by atoms with Gasteiger partial charge in [0.15, 0.2) is 5.69 Å². The summed E-state index contributed by atoms with van der Waals surface area (Å²) in [5.74, 6) is -1.91. The lowest BCUT2D eigenvalue weighted by molar-refractivity contribution is -0.0891. The molecule has 2 fully saturated rings. The van der Waals surface area contributed by atoms with Crippen LogP contribution in [0.4, 0.5) is 8.78 Å². The fraction of sp³-hybridized carbons (Fsp3) is 0.579. The van der Waals surface area contributed by atoms with E-state index in [2.05, 4.69) is 9.97 Å². The first-order chi connectivity index (χ1) is 11.9. The number of rotatable bonds is 7. The first-order valence-corrected chi connectivity index (χ1v) is 8.92. The summed E-state index contributed by atoms with van der Waals surface area (Å²) < 4.78 is 35.4. The van der Waals surface area contributed by atoms with Crippen molar-refractivity contribution in [1.29, 1.82) is 0 Å². The monoisotopic (exact) mass is 348 g/mol. The largest absolute Gasteiger partial charge is 0.497 e. The van der Waals surface area contributed by atoms with E-state index in [1.54, 1.807) is 18.2 Å². The number of alkyl halides is 2. The summed E-state index contributed by atoms with van der Waals surface area (Å²) in [4.78, 5) is 18.9. The van der Waals surface area contributed by atoms with Crippen molar-refractivity contribution in [3.05, 3.63) is 34.2 Å². The van der Waals surface area contributed by atoms with Crippen molar-refractivity contribution < 1.29 is 13.5 Å². The molecule has 0 unspecified atom stereocenters. The fourth-order valence-corrected chi connectivity index (χ4v) is 3.66. The van der Waals surface area contributed by atoms with Crippen LogP contribution in [0.25, 0.3) is 11.0 Å². The summed E-state index contributed by atoms with van der Waals surface area (Å²) in [6, 6.07) is 4.84. The van der Waals surface area contributed by atoms with Gasteiger partial charge >= 0.3 is 5.92 Å². The van der Waals surface area contributed by atoms with E-state index in [1.807, 2.05) is 0 Å². The van der Waals surface area contributed by atoms with Crippen molar-refractivity contribution in [2.75, 3.05) is 7.11 Å². The zero-order valence-corrected chi connectivity index (χ0v) is 14.3. The maximum atomic E-state index is 15.2. The second-order valence-electron chi connectivity index (χ2n) is 7.49. The number of ether oxygens (including phenoxy) is 1. The minimum absolute atomic E-state index is 0.351. The van der Waals surface area contributed by atoms with Gasteiger partial charge in [0, 0.05) is 11.5 Å². The molecule has 1 N–H and O–H groups in total. The molecule has 6 heteroatoms. The average molecular weight is 348 g/mol. The van der Waals surface area contributed by atoms with Gasteiger partial charge in [0.05, 0.1) is 18.1 Å². The Kier molecular flexibility index (Phi) is 3.81. The Morgan fingerprint density at radius 1 is 1.36 bits per heavy atom. The van der Waals surface area contributed by atoms with Crippen LogP contribution < -0.4 is 10.3 Å². The Balaban J connectivity index is 1.64. The maximum absolute atomic E-state index is 15.2. The van der Waals surface area contributed by atoms with Crippen LogP contribution in [0.2, 0.25) is 0 Å². The van der Waals surface area contributed by atoms with Gasteiger partial charge in [0.1, 0.15) is 5.75 Å². The molecule has 0 spiro atoms. The Morgan fingerprint density at radius 2 is 2.12 bits per heavy atom. The van der Waals surface area contributed by atoms with Crippen LogP contribution >= 0.6 is 0 Å². The molecule has 4 rings (SSSR count). The molecule has 0 radical (unpaired) electrons. The summed E-state index contributed by atoms with van der Waals surface area (Å²) in [5.41, 5.74) is -1.78. The number of benzene rings is 1. The van der Waals surface area contributed by atoms with Crippen LogP contribution in [0.5, 0.6) is 5.75 Å². The Bertz CT molecular complexity index is 854. The first kappa shape index (κ1) is 16.5. The number of H-pyrrole nitrogens is 1. The molecule has 2 aromatic rings. The van der Waals surface area contributed by atoms with Gasteiger partial charge in [-0.05, 0) is 37.3 Å². The molecule has 2 aliphatic rings. The molecule has 2 saturated carbocycles. The number of aromatic nitrogens is 2. The number of fused-ring (bicyclic) bond motifs is 1. The Morgan fingerprint density at radius 3 is 2.76 bits per heavy atom. The van der Waals surface area contributed by atoms with E-state index in [9.17, 15) is 4.79 Å². The van der Waals surface area contributed by atoms with Crippen LogP contribution in [0.1, 0.15) is 50.6 Å². The van der Waals surface area contributed by atoms with Gasteiger partial charge in [0.25, 0.3) is 5.56 Å². The molecule has 1 heterocycles. The lowest BCUT2D eigenvalue weighted by atomic mass is 9.89. The standard InChI is InChI=1S/C19H22F2N2O2/c1-25-13-6-7-14-15(11-13)23-17(24)16(22-14)19(20,21)18(9-10-18)8-2-3-12-4-5-12/h6-7,11-12H,2-5,8-10H2,1H3,(H,23,24).